The van der Waals surface area contributed by atoms with Crippen LogP contribution in [0.25, 0.3) is 0 Å². The van der Waals surface area contributed by atoms with Crippen LogP contribution in [0, 0.1) is 11.3 Å². The van der Waals surface area contributed by atoms with Crippen LogP contribution in [-0.2, 0) is 4.79 Å². The highest BCUT2D eigenvalue weighted by Crippen LogP contribution is 2.46. The van der Waals surface area contributed by atoms with Gasteiger partial charge in [0.2, 0.25) is 0 Å². The molecule has 2 rings (SSSR count). The fourth-order valence-electron chi connectivity index (χ4n) is 4.89. The van der Waals surface area contributed by atoms with Gasteiger partial charge >= 0.3 is 0 Å². The molecule has 0 radical (unpaired) electrons. The van der Waals surface area contributed by atoms with Gasteiger partial charge in [0.25, 0.3) is 0 Å². The van der Waals surface area contributed by atoms with Crippen molar-refractivity contribution in [2.75, 3.05) is 6.61 Å². The van der Waals surface area contributed by atoms with Gasteiger partial charge in [0.15, 0.2) is 5.78 Å². The Labute approximate surface area is 221 Å². The molecule has 1 aromatic rings. The van der Waals surface area contributed by atoms with E-state index in [2.05, 4.69) is 32.3 Å². The fraction of sp³-hybridized carbons (Fsp3) is 0.594. The molecule has 0 bridgehead atoms. The van der Waals surface area contributed by atoms with Crippen LogP contribution in [0.1, 0.15) is 116 Å². The number of Topliss-reactive ketones (excluding diaryl/α,β-unsaturated/α-hetero) is 1. The molecule has 1 fully saturated rings. The molecule has 0 saturated heterocycles. The third kappa shape index (κ3) is 13.6. The summed E-state index contributed by atoms with van der Waals surface area (Å²) in [6.07, 6.45) is 16.9. The Morgan fingerprint density at radius 3 is 2.00 bits per heavy atom. The summed E-state index contributed by atoms with van der Waals surface area (Å²) in [4.78, 5) is 23.4. The third-order valence-corrected chi connectivity index (χ3v) is 6.94. The van der Waals surface area contributed by atoms with Gasteiger partial charge < -0.3 is 9.53 Å². The van der Waals surface area contributed by atoms with Crippen LogP contribution >= 0.6 is 0 Å². The van der Waals surface area contributed by atoms with Crippen LogP contribution in [0.5, 0.6) is 5.75 Å². The van der Waals surface area contributed by atoms with Crippen LogP contribution < -0.4 is 4.74 Å². The maximum Gasteiger partial charge on any atom is 0.159 e. The smallest absolute Gasteiger partial charge is 0.159 e. The van der Waals surface area contributed by atoms with Crippen LogP contribution in [0.3, 0.4) is 0 Å². The Bertz CT molecular complexity index is 787. The van der Waals surface area contributed by atoms with E-state index in [9.17, 15) is 4.79 Å². The van der Waals surface area contributed by atoms with Crippen molar-refractivity contribution >= 4 is 18.3 Å². The first-order valence-electron chi connectivity index (χ1n) is 13.6. The van der Waals surface area contributed by atoms with E-state index in [-0.39, 0.29) is 5.78 Å². The van der Waals surface area contributed by atoms with E-state index in [4.69, 9.17) is 9.53 Å². The van der Waals surface area contributed by atoms with Crippen molar-refractivity contribution in [2.24, 2.45) is 16.3 Å². The van der Waals surface area contributed by atoms with E-state index >= 15 is 0 Å². The zero-order chi connectivity index (χ0) is 27.4. The molecule has 0 atom stereocenters. The highest BCUT2D eigenvalue weighted by Gasteiger charge is 2.33. The molecule has 4 nitrogen and oxygen atoms in total. The molecular weight excluding hydrogens is 446 g/mol. The second-order valence-electron chi connectivity index (χ2n) is 10.00. The minimum absolute atomic E-state index is 0.103. The van der Waals surface area contributed by atoms with Gasteiger partial charge in [-0.1, -0.05) is 46.3 Å². The van der Waals surface area contributed by atoms with Crippen molar-refractivity contribution in [2.45, 2.75) is 106 Å². The van der Waals surface area contributed by atoms with Crippen molar-refractivity contribution in [3.8, 4) is 5.75 Å². The fourth-order valence-corrected chi connectivity index (χ4v) is 4.89. The zero-order valence-electron chi connectivity index (χ0n) is 23.9. The summed E-state index contributed by atoms with van der Waals surface area (Å²) in [5.74, 6) is 1.80. The van der Waals surface area contributed by atoms with Gasteiger partial charge in [-0.15, -0.1) is 0 Å². The molecule has 1 aliphatic carbocycles. The van der Waals surface area contributed by atoms with Gasteiger partial charge in [0.1, 0.15) is 12.5 Å². The number of nitrogens with zero attached hydrogens (tertiary/aromatic N) is 1. The number of hydrogen-bond acceptors (Lipinski definition) is 4. The molecule has 202 valence electrons. The Kier molecular flexibility index (Phi) is 18.3. The van der Waals surface area contributed by atoms with E-state index in [1.54, 1.807) is 6.92 Å². The van der Waals surface area contributed by atoms with Crippen LogP contribution in [0.4, 0.5) is 0 Å². The monoisotopic (exact) mass is 497 g/mol. The topological polar surface area (TPSA) is 55.7 Å². The van der Waals surface area contributed by atoms with Gasteiger partial charge in [-0.2, -0.15) is 0 Å². The zero-order valence-corrected chi connectivity index (χ0v) is 23.9. The van der Waals surface area contributed by atoms with E-state index in [1.165, 1.54) is 56.9 Å². The molecule has 0 spiro atoms. The van der Waals surface area contributed by atoms with Gasteiger partial charge in [-0.3, -0.25) is 9.79 Å². The molecule has 0 aromatic heterocycles. The maximum absolute atomic E-state index is 11.3. The molecule has 1 saturated carbocycles. The largest absolute Gasteiger partial charge is 0.494 e. The van der Waals surface area contributed by atoms with E-state index in [1.807, 2.05) is 57.2 Å². The highest BCUT2D eigenvalue weighted by molar-refractivity contribution is 5.94. The number of hydrogen-bond donors (Lipinski definition) is 0. The summed E-state index contributed by atoms with van der Waals surface area (Å²) in [6.45, 7) is 18.8. The molecule has 1 aliphatic rings. The van der Waals surface area contributed by atoms with Gasteiger partial charge in [0.05, 0.1) is 6.61 Å². The molecule has 0 amide bonds. The molecule has 0 heterocycles. The van der Waals surface area contributed by atoms with Crippen molar-refractivity contribution in [1.29, 1.82) is 0 Å². The summed E-state index contributed by atoms with van der Waals surface area (Å²) >= 11 is 0. The number of allylic oxidation sites excluding steroid dienone is 2. The lowest BCUT2D eigenvalue weighted by molar-refractivity contribution is -0.0980. The first-order valence-corrected chi connectivity index (χ1v) is 13.6. The second kappa shape index (κ2) is 19.7. The first kappa shape index (κ1) is 33.5. The summed E-state index contributed by atoms with van der Waals surface area (Å²) in [7, 11) is 0. The molecule has 4 heteroatoms. The summed E-state index contributed by atoms with van der Waals surface area (Å²) in [5, 5.41) is 0. The third-order valence-electron chi connectivity index (χ3n) is 6.94. The van der Waals surface area contributed by atoms with E-state index < -0.39 is 0 Å². The average molecular weight is 498 g/mol. The number of carbonyl (C=O) groups excluding carboxylic acids is 2. The molecular formula is C32H51NO3. The van der Waals surface area contributed by atoms with Crippen molar-refractivity contribution < 1.29 is 14.3 Å². The average Bonchev–Trinajstić information content (AvgIpc) is 2.88. The van der Waals surface area contributed by atoms with Gasteiger partial charge in [-0.05, 0) is 113 Å². The standard InChI is InChI=1S/C22H34O2.C9H15N.CH2O/c1-4-13-22(14-5-2)15-10-19(11-16-22)12-17-24-21-8-6-20(7-9-21)18(3)23;1-5-9(6-2)7-10-8(3)4;1-2/h6-9,19H,4-5,10-17H2,1-3H3;5,7H,1,6H2,2-4H3;1H2/b;9-7+;. The number of aliphatic imine (C=N–C) groups is 1. The molecule has 0 N–H and O–H groups in total. The van der Waals surface area contributed by atoms with Crippen molar-refractivity contribution in [3.05, 3.63) is 54.3 Å². The molecule has 1 aromatic carbocycles. The summed E-state index contributed by atoms with van der Waals surface area (Å²) in [6, 6.07) is 7.51. The minimum Gasteiger partial charge on any atom is -0.494 e. The lowest BCUT2D eigenvalue weighted by Gasteiger charge is -2.40. The van der Waals surface area contributed by atoms with E-state index in [0.717, 1.165) is 42.4 Å². The van der Waals surface area contributed by atoms with Gasteiger partial charge in [0, 0.05) is 17.5 Å². The molecule has 36 heavy (non-hydrogen) atoms. The number of benzene rings is 1. The number of ketones is 1. The number of rotatable bonds is 12. The quantitative estimate of drug-likeness (QED) is 0.164. The minimum atomic E-state index is 0.103. The van der Waals surface area contributed by atoms with Gasteiger partial charge in [-0.25, -0.2) is 0 Å². The number of carbonyl (C=O) groups is 2. The summed E-state index contributed by atoms with van der Waals surface area (Å²) in [5.41, 5.74) is 3.65. The Morgan fingerprint density at radius 2 is 1.58 bits per heavy atom. The second-order valence-corrected chi connectivity index (χ2v) is 10.00. The Morgan fingerprint density at radius 1 is 1.03 bits per heavy atom. The van der Waals surface area contributed by atoms with Crippen molar-refractivity contribution in [3.63, 3.8) is 0 Å². The SMILES string of the molecule is C=C/C(=C\N=C(C)C)CC.C=O.CCCC1(CCC)CCC(CCOc2ccc(C(C)=O)cc2)CC1. The van der Waals surface area contributed by atoms with Crippen LogP contribution in [-0.4, -0.2) is 24.9 Å². The predicted molar refractivity (Wildman–Crippen MR) is 155 cm³/mol. The molecule has 0 unspecified atom stereocenters. The Balaban J connectivity index is 0.000000861. The lowest BCUT2D eigenvalue weighted by atomic mass is 9.65. The lowest BCUT2D eigenvalue weighted by Crippen LogP contribution is -2.28. The highest BCUT2D eigenvalue weighted by atomic mass is 16.5. The Hall–Kier alpha value is -2.49. The normalized spacial score (nSPS) is 14.9. The first-order chi connectivity index (χ1) is 17.3. The predicted octanol–water partition coefficient (Wildman–Crippen LogP) is 9.20. The summed E-state index contributed by atoms with van der Waals surface area (Å²) < 4.78 is 5.88. The van der Waals surface area contributed by atoms with E-state index in [0.29, 0.717) is 5.41 Å². The van der Waals surface area contributed by atoms with Crippen LogP contribution in [0.2, 0.25) is 0 Å². The van der Waals surface area contributed by atoms with Crippen molar-refractivity contribution in [1.82, 2.24) is 0 Å². The van der Waals surface area contributed by atoms with Crippen LogP contribution in [0.15, 0.2) is 53.7 Å². The maximum atomic E-state index is 11.3. The molecule has 0 aliphatic heterocycles. The number of ether oxygens (including phenoxy) is 1.